The van der Waals surface area contributed by atoms with Crippen LogP contribution in [0.3, 0.4) is 0 Å². The maximum atomic E-state index is 13.4. The molecular weight excluding hydrogens is 468 g/mol. The molecule has 0 fully saturated rings. The highest BCUT2D eigenvalue weighted by atomic mass is 16.5. The van der Waals surface area contributed by atoms with Crippen LogP contribution < -0.4 is 14.8 Å². The van der Waals surface area contributed by atoms with E-state index in [-0.39, 0.29) is 6.03 Å². The zero-order chi connectivity index (χ0) is 25.9. The highest BCUT2D eigenvalue weighted by molar-refractivity contribution is 5.87. The van der Waals surface area contributed by atoms with E-state index in [0.29, 0.717) is 24.0 Å². The van der Waals surface area contributed by atoms with E-state index in [1.54, 1.807) is 19.1 Å². The summed E-state index contributed by atoms with van der Waals surface area (Å²) in [5, 5.41) is 7.38. The molecular formula is C29H28N4O4. The second-order valence-electron chi connectivity index (χ2n) is 8.88. The summed E-state index contributed by atoms with van der Waals surface area (Å²) in [6.45, 7) is 4.30. The van der Waals surface area contributed by atoms with Gasteiger partial charge in [0.2, 0.25) is 5.82 Å². The summed E-state index contributed by atoms with van der Waals surface area (Å²) in [5.74, 6) is 2.28. The molecule has 0 radical (unpaired) electrons. The number of amides is 2. The molecule has 2 heterocycles. The molecule has 0 saturated heterocycles. The zero-order valence-electron chi connectivity index (χ0n) is 21.2. The Balaban J connectivity index is 1.58. The first-order valence-corrected chi connectivity index (χ1v) is 11.9. The Bertz CT molecular complexity index is 1440. The maximum absolute atomic E-state index is 13.4. The predicted octanol–water partition coefficient (Wildman–Crippen LogP) is 5.76. The van der Waals surface area contributed by atoms with Crippen molar-refractivity contribution in [3.8, 4) is 22.9 Å². The molecule has 37 heavy (non-hydrogen) atoms. The fraction of sp³-hybridized carbons (Fsp3) is 0.207. The summed E-state index contributed by atoms with van der Waals surface area (Å²) in [6, 6.07) is 22.4. The molecule has 8 nitrogen and oxygen atoms in total. The summed E-state index contributed by atoms with van der Waals surface area (Å²) < 4.78 is 16.5. The van der Waals surface area contributed by atoms with Crippen molar-refractivity contribution in [1.82, 2.24) is 20.4 Å². The maximum Gasteiger partial charge on any atom is 0.322 e. The van der Waals surface area contributed by atoms with Gasteiger partial charge in [-0.25, -0.2) is 4.79 Å². The molecule has 2 amide bonds. The van der Waals surface area contributed by atoms with Crippen LogP contribution in [0.15, 0.2) is 83.0 Å². The lowest BCUT2D eigenvalue weighted by Crippen LogP contribution is -2.45. The first-order chi connectivity index (χ1) is 18.0. The van der Waals surface area contributed by atoms with Crippen LogP contribution in [-0.4, -0.2) is 35.3 Å². The van der Waals surface area contributed by atoms with Crippen molar-refractivity contribution < 1.29 is 18.8 Å². The van der Waals surface area contributed by atoms with Crippen molar-refractivity contribution in [3.63, 3.8) is 0 Å². The molecule has 1 aliphatic heterocycles. The van der Waals surface area contributed by atoms with Gasteiger partial charge in [-0.1, -0.05) is 59.3 Å². The number of aromatic nitrogens is 2. The SMILES string of the molecule is COc1ccc(CN2C(=O)NC(c3cccc(OC)c3)C(c3nc(-c4ccc(C)cc4)no3)=C2C)cc1. The van der Waals surface area contributed by atoms with Crippen LogP contribution in [0.4, 0.5) is 4.79 Å². The quantitative estimate of drug-likeness (QED) is 0.350. The standard InChI is InChI=1S/C29H28N4O4/c1-18-8-12-21(13-9-18)27-31-28(37-32-27)25-19(2)33(17-20-10-14-23(35-3)15-11-20)29(34)30-26(25)22-6-5-7-24(16-22)36-4/h5-16,26H,17H2,1-4H3,(H,30,34). The Hall–Kier alpha value is -4.59. The van der Waals surface area contributed by atoms with E-state index in [2.05, 4.69) is 10.5 Å². The van der Waals surface area contributed by atoms with E-state index in [4.69, 9.17) is 19.0 Å². The van der Waals surface area contributed by atoms with Gasteiger partial charge in [0.05, 0.1) is 32.4 Å². The van der Waals surface area contributed by atoms with Crippen LogP contribution in [0, 0.1) is 6.92 Å². The van der Waals surface area contributed by atoms with E-state index in [0.717, 1.165) is 39.3 Å². The zero-order valence-corrected chi connectivity index (χ0v) is 21.2. The molecule has 188 valence electrons. The Morgan fingerprint density at radius 2 is 1.68 bits per heavy atom. The number of nitrogens with zero attached hydrogens (tertiary/aromatic N) is 3. The van der Waals surface area contributed by atoms with E-state index in [1.165, 1.54) is 0 Å². The molecule has 1 aliphatic rings. The average Bonchev–Trinajstić information content (AvgIpc) is 3.41. The molecule has 1 atom stereocenters. The number of hydrogen-bond acceptors (Lipinski definition) is 6. The molecule has 5 rings (SSSR count). The number of carbonyl (C=O) groups excluding carboxylic acids is 1. The monoisotopic (exact) mass is 496 g/mol. The number of rotatable bonds is 7. The third-order valence-corrected chi connectivity index (χ3v) is 6.49. The first kappa shape index (κ1) is 24.1. The lowest BCUT2D eigenvalue weighted by Gasteiger charge is -2.35. The molecule has 1 unspecified atom stereocenters. The Morgan fingerprint density at radius 3 is 2.38 bits per heavy atom. The number of benzene rings is 3. The summed E-state index contributed by atoms with van der Waals surface area (Å²) >= 11 is 0. The van der Waals surface area contributed by atoms with Crippen LogP contribution in [-0.2, 0) is 6.54 Å². The van der Waals surface area contributed by atoms with Crippen molar-refractivity contribution in [1.29, 1.82) is 0 Å². The normalized spacial score (nSPS) is 15.5. The smallest absolute Gasteiger partial charge is 0.322 e. The van der Waals surface area contributed by atoms with Gasteiger partial charge in [0.1, 0.15) is 11.5 Å². The average molecular weight is 497 g/mol. The van der Waals surface area contributed by atoms with Crippen LogP contribution in [0.5, 0.6) is 11.5 Å². The second-order valence-corrected chi connectivity index (χ2v) is 8.88. The van der Waals surface area contributed by atoms with Gasteiger partial charge < -0.3 is 19.3 Å². The van der Waals surface area contributed by atoms with Crippen molar-refractivity contribution in [3.05, 3.63) is 101 Å². The van der Waals surface area contributed by atoms with Gasteiger partial charge in [0.15, 0.2) is 0 Å². The Kier molecular flexibility index (Phi) is 6.64. The molecule has 0 spiro atoms. The van der Waals surface area contributed by atoms with Crippen LogP contribution in [0.1, 0.15) is 35.5 Å². The van der Waals surface area contributed by atoms with Gasteiger partial charge in [0.25, 0.3) is 5.89 Å². The van der Waals surface area contributed by atoms with Crippen molar-refractivity contribution >= 4 is 11.6 Å². The number of allylic oxidation sites excluding steroid dienone is 1. The summed E-state index contributed by atoms with van der Waals surface area (Å²) in [4.78, 5) is 19.8. The predicted molar refractivity (Wildman–Crippen MR) is 140 cm³/mol. The minimum atomic E-state index is -0.499. The third kappa shape index (κ3) is 4.91. The fourth-order valence-electron chi connectivity index (χ4n) is 4.39. The van der Waals surface area contributed by atoms with E-state index in [1.807, 2.05) is 86.6 Å². The largest absolute Gasteiger partial charge is 0.497 e. The van der Waals surface area contributed by atoms with E-state index in [9.17, 15) is 4.79 Å². The van der Waals surface area contributed by atoms with Gasteiger partial charge in [-0.05, 0) is 49.2 Å². The number of hydrogen-bond donors (Lipinski definition) is 1. The van der Waals surface area contributed by atoms with Gasteiger partial charge in [-0.3, -0.25) is 4.90 Å². The van der Waals surface area contributed by atoms with Crippen molar-refractivity contribution in [2.75, 3.05) is 14.2 Å². The molecule has 1 N–H and O–H groups in total. The van der Waals surface area contributed by atoms with E-state index >= 15 is 0 Å². The molecule has 4 aromatic rings. The van der Waals surface area contributed by atoms with Gasteiger partial charge in [-0.2, -0.15) is 4.98 Å². The molecule has 8 heteroatoms. The van der Waals surface area contributed by atoms with Gasteiger partial charge in [0, 0.05) is 11.3 Å². The van der Waals surface area contributed by atoms with Gasteiger partial charge in [-0.15, -0.1) is 0 Å². The van der Waals surface area contributed by atoms with Gasteiger partial charge >= 0.3 is 6.03 Å². The van der Waals surface area contributed by atoms with Crippen LogP contribution in [0.2, 0.25) is 0 Å². The molecule has 0 saturated carbocycles. The molecule has 1 aromatic heterocycles. The Morgan fingerprint density at radius 1 is 0.946 bits per heavy atom. The second kappa shape index (κ2) is 10.2. The number of ether oxygens (including phenoxy) is 2. The first-order valence-electron chi connectivity index (χ1n) is 11.9. The number of methoxy groups -OCH3 is 2. The minimum absolute atomic E-state index is 0.219. The summed E-state index contributed by atoms with van der Waals surface area (Å²) in [6.07, 6.45) is 0. The van der Waals surface area contributed by atoms with E-state index < -0.39 is 6.04 Å². The Labute approximate surface area is 215 Å². The summed E-state index contributed by atoms with van der Waals surface area (Å²) in [5.41, 5.74) is 5.26. The topological polar surface area (TPSA) is 89.7 Å². The molecule has 3 aromatic carbocycles. The number of carbonyl (C=O) groups is 1. The van der Waals surface area contributed by atoms with Crippen LogP contribution >= 0.6 is 0 Å². The molecule has 0 bridgehead atoms. The fourth-order valence-corrected chi connectivity index (χ4v) is 4.39. The number of nitrogens with one attached hydrogen (secondary N) is 1. The minimum Gasteiger partial charge on any atom is -0.497 e. The number of aryl methyl sites for hydroxylation is 1. The summed E-state index contributed by atoms with van der Waals surface area (Å²) in [7, 11) is 3.24. The lowest BCUT2D eigenvalue weighted by atomic mass is 9.94. The highest BCUT2D eigenvalue weighted by Crippen LogP contribution is 2.38. The number of urea groups is 1. The third-order valence-electron chi connectivity index (χ3n) is 6.49. The van der Waals surface area contributed by atoms with Crippen molar-refractivity contribution in [2.45, 2.75) is 26.4 Å². The van der Waals surface area contributed by atoms with Crippen molar-refractivity contribution in [2.24, 2.45) is 0 Å². The highest BCUT2D eigenvalue weighted by Gasteiger charge is 2.36. The molecule has 0 aliphatic carbocycles. The lowest BCUT2D eigenvalue weighted by molar-refractivity contribution is 0.203. The van der Waals surface area contributed by atoms with Crippen LogP contribution in [0.25, 0.3) is 17.0 Å².